The number of aromatic nitrogens is 1. The van der Waals surface area contributed by atoms with Gasteiger partial charge < -0.3 is 10.4 Å². The molecule has 1 aliphatic heterocycles. The first-order valence-corrected chi connectivity index (χ1v) is 7.01. The molecule has 0 saturated carbocycles. The van der Waals surface area contributed by atoms with Crippen molar-refractivity contribution in [2.75, 3.05) is 0 Å². The number of carbonyl (C=O) groups is 1. The molecule has 5 nitrogen and oxygen atoms in total. The summed E-state index contributed by atoms with van der Waals surface area (Å²) in [4.78, 5) is 20.8. The van der Waals surface area contributed by atoms with Gasteiger partial charge in [0, 0.05) is 12.4 Å². The zero-order valence-corrected chi connectivity index (χ0v) is 11.7. The Morgan fingerprint density at radius 3 is 2.76 bits per heavy atom. The molecule has 2 heterocycles. The zero-order chi connectivity index (χ0) is 14.7. The highest BCUT2D eigenvalue weighted by molar-refractivity contribution is 8.18. The number of nitrogens with one attached hydrogen (secondary N) is 1. The topological polar surface area (TPSA) is 74.6 Å². The normalized spacial score (nSPS) is 18.2. The summed E-state index contributed by atoms with van der Waals surface area (Å²) in [5.74, 6) is 0.000560. The zero-order valence-electron chi connectivity index (χ0n) is 10.9. The van der Waals surface area contributed by atoms with E-state index in [1.54, 1.807) is 42.7 Å². The van der Waals surface area contributed by atoms with Crippen molar-refractivity contribution in [1.82, 2.24) is 10.3 Å². The minimum Gasteiger partial charge on any atom is -0.508 e. The van der Waals surface area contributed by atoms with Crippen molar-refractivity contribution in [1.29, 1.82) is 0 Å². The Hall–Kier alpha value is -2.60. The van der Waals surface area contributed by atoms with Gasteiger partial charge in [0.25, 0.3) is 5.91 Å². The van der Waals surface area contributed by atoms with Crippen LogP contribution in [0.1, 0.15) is 5.56 Å². The summed E-state index contributed by atoms with van der Waals surface area (Å²) in [6.45, 7) is 0. The molecule has 0 radical (unpaired) electrons. The number of phenolic OH excluding ortho intramolecular Hbond substituents is 1. The third-order valence-corrected chi connectivity index (χ3v) is 3.62. The van der Waals surface area contributed by atoms with Crippen molar-refractivity contribution in [3.8, 4) is 5.75 Å². The van der Waals surface area contributed by atoms with E-state index < -0.39 is 0 Å². The number of amidine groups is 1. The number of aliphatic imine (C=N–C) groups is 1. The van der Waals surface area contributed by atoms with Crippen LogP contribution in [0.3, 0.4) is 0 Å². The van der Waals surface area contributed by atoms with Gasteiger partial charge in [0.2, 0.25) is 0 Å². The highest BCUT2D eigenvalue weighted by Crippen LogP contribution is 2.28. The summed E-state index contributed by atoms with van der Waals surface area (Å²) in [6, 6.07) is 10.1. The Morgan fingerprint density at radius 2 is 2.05 bits per heavy atom. The maximum atomic E-state index is 11.9. The van der Waals surface area contributed by atoms with Gasteiger partial charge in [-0.15, -0.1) is 0 Å². The number of thioether (sulfide) groups is 1. The first-order valence-electron chi connectivity index (χ1n) is 6.19. The number of benzene rings is 1. The molecule has 104 valence electrons. The quantitative estimate of drug-likeness (QED) is 0.836. The molecule has 1 aliphatic rings. The Balaban J connectivity index is 1.81. The van der Waals surface area contributed by atoms with Crippen molar-refractivity contribution < 1.29 is 9.90 Å². The van der Waals surface area contributed by atoms with E-state index >= 15 is 0 Å². The molecule has 3 rings (SSSR count). The first kappa shape index (κ1) is 13.4. The number of rotatable bonds is 2. The lowest BCUT2D eigenvalue weighted by Gasteiger charge is -1.96. The molecule has 0 atom stereocenters. The summed E-state index contributed by atoms with van der Waals surface area (Å²) in [5.41, 5.74) is 1.53. The Bertz CT molecular complexity index is 724. The van der Waals surface area contributed by atoms with E-state index in [0.717, 1.165) is 5.56 Å². The van der Waals surface area contributed by atoms with E-state index in [1.165, 1.54) is 11.8 Å². The third kappa shape index (κ3) is 3.29. The summed E-state index contributed by atoms with van der Waals surface area (Å²) in [5, 5.41) is 12.5. The molecule has 2 N–H and O–H groups in total. The number of amides is 1. The van der Waals surface area contributed by atoms with Crippen LogP contribution in [0.5, 0.6) is 5.75 Å². The summed E-state index contributed by atoms with van der Waals surface area (Å²) in [6.07, 6.45) is 5.14. The lowest BCUT2D eigenvalue weighted by Crippen LogP contribution is -2.19. The summed E-state index contributed by atoms with van der Waals surface area (Å²) < 4.78 is 0. The second kappa shape index (κ2) is 5.80. The fourth-order valence-electron chi connectivity index (χ4n) is 1.74. The molecule has 0 spiro atoms. The summed E-state index contributed by atoms with van der Waals surface area (Å²) in [7, 11) is 0. The average molecular weight is 297 g/mol. The summed E-state index contributed by atoms with van der Waals surface area (Å²) >= 11 is 1.27. The van der Waals surface area contributed by atoms with Crippen molar-refractivity contribution >= 4 is 34.6 Å². The Kier molecular flexibility index (Phi) is 3.70. The van der Waals surface area contributed by atoms with Crippen molar-refractivity contribution in [3.05, 3.63) is 59.3 Å². The van der Waals surface area contributed by atoms with Gasteiger partial charge in [-0.1, -0.05) is 6.07 Å². The number of phenols is 1. The van der Waals surface area contributed by atoms with E-state index in [2.05, 4.69) is 15.3 Å². The van der Waals surface area contributed by atoms with Crippen molar-refractivity contribution in [2.24, 2.45) is 4.99 Å². The fraction of sp³-hybridized carbons (Fsp3) is 0. The number of hydrogen-bond donors (Lipinski definition) is 2. The van der Waals surface area contributed by atoms with Gasteiger partial charge in [-0.25, -0.2) is 4.99 Å². The second-order valence-corrected chi connectivity index (χ2v) is 5.32. The molecular formula is C15H11N3O2S. The van der Waals surface area contributed by atoms with E-state index in [4.69, 9.17) is 0 Å². The van der Waals surface area contributed by atoms with Crippen LogP contribution in [0.4, 0.5) is 5.69 Å². The highest BCUT2D eigenvalue weighted by Gasteiger charge is 2.23. The van der Waals surface area contributed by atoms with Crippen LogP contribution in [-0.4, -0.2) is 21.2 Å². The number of hydrogen-bond acceptors (Lipinski definition) is 5. The molecule has 0 bridgehead atoms. The Morgan fingerprint density at radius 1 is 1.24 bits per heavy atom. The first-order chi connectivity index (χ1) is 10.2. The third-order valence-electron chi connectivity index (χ3n) is 2.71. The van der Waals surface area contributed by atoms with Gasteiger partial charge in [0.05, 0.1) is 10.6 Å². The minimum absolute atomic E-state index is 0.179. The van der Waals surface area contributed by atoms with Gasteiger partial charge in [0.1, 0.15) is 5.75 Å². The van der Waals surface area contributed by atoms with Gasteiger partial charge in [-0.05, 0) is 53.7 Å². The van der Waals surface area contributed by atoms with E-state index in [0.29, 0.717) is 15.8 Å². The molecule has 1 fully saturated rings. The lowest BCUT2D eigenvalue weighted by molar-refractivity contribution is -0.115. The largest absolute Gasteiger partial charge is 0.508 e. The molecule has 1 aromatic carbocycles. The second-order valence-electron chi connectivity index (χ2n) is 4.28. The van der Waals surface area contributed by atoms with Gasteiger partial charge in [-0.3, -0.25) is 9.78 Å². The molecule has 1 aromatic heterocycles. The van der Waals surface area contributed by atoms with Crippen LogP contribution in [0, 0.1) is 0 Å². The Labute approximate surface area is 125 Å². The molecule has 1 saturated heterocycles. The van der Waals surface area contributed by atoms with Crippen molar-refractivity contribution in [2.45, 2.75) is 0 Å². The predicted octanol–water partition coefficient (Wildman–Crippen LogP) is 2.68. The maximum absolute atomic E-state index is 11.9. The molecule has 0 unspecified atom stereocenters. The van der Waals surface area contributed by atoms with Crippen LogP contribution >= 0.6 is 11.8 Å². The van der Waals surface area contributed by atoms with Crippen LogP contribution in [0.25, 0.3) is 6.08 Å². The van der Waals surface area contributed by atoms with Gasteiger partial charge >= 0.3 is 0 Å². The fourth-order valence-corrected chi connectivity index (χ4v) is 2.58. The number of pyridine rings is 1. The minimum atomic E-state index is -0.179. The monoisotopic (exact) mass is 297 g/mol. The van der Waals surface area contributed by atoms with Crippen LogP contribution < -0.4 is 5.32 Å². The molecule has 0 aliphatic carbocycles. The predicted molar refractivity (Wildman–Crippen MR) is 83.1 cm³/mol. The standard InChI is InChI=1S/C15H11N3O2S/c19-12-5-3-11(4-6-12)17-15-18-14(20)13(21-15)8-10-2-1-7-16-9-10/h1-9,19H,(H,17,18,20)/b13-8+. The van der Waals surface area contributed by atoms with E-state index in [-0.39, 0.29) is 11.7 Å². The van der Waals surface area contributed by atoms with Gasteiger partial charge in [0.15, 0.2) is 5.17 Å². The van der Waals surface area contributed by atoms with Crippen LogP contribution in [-0.2, 0) is 4.79 Å². The van der Waals surface area contributed by atoms with Crippen LogP contribution in [0.2, 0.25) is 0 Å². The number of aromatic hydroxyl groups is 1. The van der Waals surface area contributed by atoms with Crippen LogP contribution in [0.15, 0.2) is 58.7 Å². The molecule has 21 heavy (non-hydrogen) atoms. The van der Waals surface area contributed by atoms with Gasteiger partial charge in [-0.2, -0.15) is 0 Å². The molecule has 6 heteroatoms. The molecular weight excluding hydrogens is 286 g/mol. The SMILES string of the molecule is O=C1NC(=Nc2ccc(O)cc2)S/C1=C/c1cccnc1. The maximum Gasteiger partial charge on any atom is 0.264 e. The number of nitrogens with zero attached hydrogens (tertiary/aromatic N) is 2. The van der Waals surface area contributed by atoms with E-state index in [9.17, 15) is 9.90 Å². The lowest BCUT2D eigenvalue weighted by atomic mass is 10.2. The van der Waals surface area contributed by atoms with E-state index in [1.807, 2.05) is 12.1 Å². The molecule has 2 aromatic rings. The smallest absolute Gasteiger partial charge is 0.264 e. The van der Waals surface area contributed by atoms with Crippen molar-refractivity contribution in [3.63, 3.8) is 0 Å². The average Bonchev–Trinajstić information content (AvgIpc) is 2.82. The highest BCUT2D eigenvalue weighted by atomic mass is 32.2. The number of carbonyl (C=O) groups excluding carboxylic acids is 1. The molecule has 1 amide bonds.